The van der Waals surface area contributed by atoms with Gasteiger partial charge < -0.3 is 19.8 Å². The maximum atomic E-state index is 6.20. The van der Waals surface area contributed by atoms with Crippen LogP contribution in [0, 0.1) is 6.92 Å². The Hall–Kier alpha value is -0.745. The van der Waals surface area contributed by atoms with Crippen molar-refractivity contribution in [3.05, 3.63) is 28.8 Å². The van der Waals surface area contributed by atoms with Gasteiger partial charge in [0.05, 0.1) is 17.8 Å². The van der Waals surface area contributed by atoms with Crippen LogP contribution in [0.4, 0.5) is 0 Å². The lowest BCUT2D eigenvalue weighted by molar-refractivity contribution is 0.00578. The molecule has 2 N–H and O–H groups in total. The number of hydrogen-bond acceptors (Lipinski definition) is 4. The van der Waals surface area contributed by atoms with Gasteiger partial charge in [0.15, 0.2) is 0 Å². The number of benzene rings is 1. The van der Waals surface area contributed by atoms with E-state index in [0.717, 1.165) is 11.3 Å². The highest BCUT2D eigenvalue weighted by Crippen LogP contribution is 2.37. The molecule has 1 aromatic carbocycles. The second-order valence-electron chi connectivity index (χ2n) is 6.84. The zero-order valence-electron chi connectivity index (χ0n) is 14.0. The first-order chi connectivity index (χ1) is 10.1. The summed E-state index contributed by atoms with van der Waals surface area (Å²) in [6, 6.07) is 5.57. The molecule has 0 saturated carbocycles. The van der Waals surface area contributed by atoms with Crippen LogP contribution in [-0.4, -0.2) is 30.9 Å². The molecule has 1 heterocycles. The number of nitrogens with two attached hydrogens (primary N) is 1. The van der Waals surface area contributed by atoms with Gasteiger partial charge in [-0.1, -0.05) is 11.6 Å². The van der Waals surface area contributed by atoms with Gasteiger partial charge in [-0.2, -0.15) is 0 Å². The maximum Gasteiger partial charge on any atom is 0.475 e. The van der Waals surface area contributed by atoms with Crippen molar-refractivity contribution in [2.24, 2.45) is 5.73 Å². The van der Waals surface area contributed by atoms with Gasteiger partial charge in [0.2, 0.25) is 0 Å². The minimum absolute atomic E-state index is 0.228. The van der Waals surface area contributed by atoms with E-state index in [1.165, 1.54) is 0 Å². The number of hydrogen-bond donors (Lipinski definition) is 1. The molecule has 0 radical (unpaired) electrons. The van der Waals surface area contributed by atoms with Crippen LogP contribution in [-0.2, 0) is 9.31 Å². The molecule has 122 valence electrons. The van der Waals surface area contributed by atoms with Crippen LogP contribution >= 0.6 is 11.6 Å². The second-order valence-corrected chi connectivity index (χ2v) is 7.27. The summed E-state index contributed by atoms with van der Waals surface area (Å²) >= 11 is 5.93. The number of ether oxygens (including phenoxy) is 1. The van der Waals surface area contributed by atoms with Crippen molar-refractivity contribution in [1.29, 1.82) is 0 Å². The SMILES string of the molecule is Cc1cc(Cl)ccc1OCC[C@H](N)B1OC(C)(C)C(C)(C)O1. The maximum absolute atomic E-state index is 6.20. The summed E-state index contributed by atoms with van der Waals surface area (Å²) in [6.07, 6.45) is 0.652. The fraction of sp³-hybridized carbons (Fsp3) is 0.625. The number of halogens is 1. The van der Waals surface area contributed by atoms with Gasteiger partial charge in [0.1, 0.15) is 5.75 Å². The Labute approximate surface area is 138 Å². The van der Waals surface area contributed by atoms with Crippen LogP contribution in [0.5, 0.6) is 5.75 Å². The zero-order valence-corrected chi connectivity index (χ0v) is 14.7. The van der Waals surface area contributed by atoms with Gasteiger partial charge in [0.25, 0.3) is 0 Å². The molecule has 4 nitrogen and oxygen atoms in total. The molecule has 22 heavy (non-hydrogen) atoms. The van der Waals surface area contributed by atoms with Crippen LogP contribution < -0.4 is 10.5 Å². The normalized spacial score (nSPS) is 21.0. The van der Waals surface area contributed by atoms with Gasteiger partial charge >= 0.3 is 7.12 Å². The van der Waals surface area contributed by atoms with E-state index in [9.17, 15) is 0 Å². The van der Waals surface area contributed by atoms with Crippen molar-refractivity contribution in [2.45, 2.75) is 58.2 Å². The highest BCUT2D eigenvalue weighted by Gasteiger charge is 2.52. The van der Waals surface area contributed by atoms with Crippen molar-refractivity contribution >= 4 is 18.7 Å². The first-order valence-electron chi connectivity index (χ1n) is 7.62. The van der Waals surface area contributed by atoms with Gasteiger partial charge in [-0.3, -0.25) is 0 Å². The quantitative estimate of drug-likeness (QED) is 0.843. The highest BCUT2D eigenvalue weighted by atomic mass is 35.5. The standard InChI is InChI=1S/C16H25BClNO3/c1-11-10-12(18)6-7-13(11)20-9-8-14(19)17-21-15(2,3)16(4,5)22-17/h6-7,10,14H,8-9,19H2,1-5H3/t14-/m0/s1. The molecule has 0 aromatic heterocycles. The van der Waals surface area contributed by atoms with Crippen LogP contribution in [0.25, 0.3) is 0 Å². The molecule has 1 atom stereocenters. The van der Waals surface area contributed by atoms with E-state index in [1.54, 1.807) is 0 Å². The first-order valence-corrected chi connectivity index (χ1v) is 8.00. The van der Waals surface area contributed by atoms with Gasteiger partial charge in [-0.05, 0) is 64.8 Å². The fourth-order valence-electron chi connectivity index (χ4n) is 2.28. The van der Waals surface area contributed by atoms with Crippen molar-refractivity contribution < 1.29 is 14.0 Å². The Balaban J connectivity index is 1.85. The van der Waals surface area contributed by atoms with Crippen LogP contribution in [0.2, 0.25) is 5.02 Å². The summed E-state index contributed by atoms with van der Waals surface area (Å²) < 4.78 is 17.7. The molecule has 1 aliphatic heterocycles. The Bertz CT molecular complexity index is 520. The van der Waals surface area contributed by atoms with Crippen molar-refractivity contribution in [1.82, 2.24) is 0 Å². The number of rotatable bonds is 5. The Morgan fingerprint density at radius 3 is 2.36 bits per heavy atom. The largest absolute Gasteiger partial charge is 0.493 e. The molecule has 0 unspecified atom stereocenters. The molecule has 1 fully saturated rings. The fourth-order valence-corrected chi connectivity index (χ4v) is 2.51. The third-order valence-corrected chi connectivity index (χ3v) is 4.70. The average Bonchev–Trinajstić information content (AvgIpc) is 2.61. The minimum atomic E-state index is -0.403. The van der Waals surface area contributed by atoms with E-state index in [1.807, 2.05) is 52.8 Å². The molecule has 6 heteroatoms. The monoisotopic (exact) mass is 325 g/mol. The first kappa shape index (κ1) is 17.6. The van der Waals surface area contributed by atoms with E-state index in [2.05, 4.69) is 0 Å². The van der Waals surface area contributed by atoms with Crippen LogP contribution in [0.3, 0.4) is 0 Å². The van der Waals surface area contributed by atoms with Gasteiger partial charge in [-0.15, -0.1) is 0 Å². The van der Waals surface area contributed by atoms with E-state index in [-0.39, 0.29) is 17.1 Å². The predicted molar refractivity (Wildman–Crippen MR) is 90.4 cm³/mol. The summed E-state index contributed by atoms with van der Waals surface area (Å²) in [5.74, 6) is 0.596. The van der Waals surface area contributed by atoms with Crippen LogP contribution in [0.1, 0.15) is 39.7 Å². The molecule has 0 aliphatic carbocycles. The Morgan fingerprint density at radius 2 is 1.82 bits per heavy atom. The molecule has 1 aliphatic rings. The minimum Gasteiger partial charge on any atom is -0.493 e. The lowest BCUT2D eigenvalue weighted by atomic mass is 9.77. The zero-order chi connectivity index (χ0) is 16.5. The van der Waals surface area contributed by atoms with E-state index >= 15 is 0 Å². The topological polar surface area (TPSA) is 53.7 Å². The predicted octanol–water partition coefficient (Wildman–Crippen LogP) is 3.38. The van der Waals surface area contributed by atoms with E-state index < -0.39 is 7.12 Å². The third-order valence-electron chi connectivity index (χ3n) is 4.47. The van der Waals surface area contributed by atoms with Crippen molar-refractivity contribution in [3.8, 4) is 5.75 Å². The summed E-state index contributed by atoms with van der Waals surface area (Å²) in [7, 11) is -0.403. The molecule has 1 aromatic rings. The average molecular weight is 326 g/mol. The van der Waals surface area contributed by atoms with Crippen LogP contribution in [0.15, 0.2) is 18.2 Å². The lowest BCUT2D eigenvalue weighted by Gasteiger charge is -2.32. The molecule has 0 amide bonds. The van der Waals surface area contributed by atoms with E-state index in [4.69, 9.17) is 31.4 Å². The summed E-state index contributed by atoms with van der Waals surface area (Å²) in [6.45, 7) is 10.6. The third kappa shape index (κ3) is 3.77. The number of aryl methyl sites for hydroxylation is 1. The summed E-state index contributed by atoms with van der Waals surface area (Å²) in [4.78, 5) is 0. The summed E-state index contributed by atoms with van der Waals surface area (Å²) in [5, 5.41) is 0.707. The molecule has 2 rings (SSSR count). The molecule has 0 bridgehead atoms. The lowest BCUT2D eigenvalue weighted by Crippen LogP contribution is -2.42. The highest BCUT2D eigenvalue weighted by molar-refractivity contribution is 6.47. The smallest absolute Gasteiger partial charge is 0.475 e. The summed E-state index contributed by atoms with van der Waals surface area (Å²) in [5.41, 5.74) is 6.49. The molecular formula is C16H25BClNO3. The second kappa shape index (κ2) is 6.40. The van der Waals surface area contributed by atoms with Crippen molar-refractivity contribution in [3.63, 3.8) is 0 Å². The molecule has 1 saturated heterocycles. The molecular weight excluding hydrogens is 300 g/mol. The Morgan fingerprint density at radius 1 is 1.23 bits per heavy atom. The van der Waals surface area contributed by atoms with Gasteiger partial charge in [0, 0.05) is 11.0 Å². The molecule has 0 spiro atoms. The van der Waals surface area contributed by atoms with Gasteiger partial charge in [-0.25, -0.2) is 0 Å². The van der Waals surface area contributed by atoms with E-state index in [0.29, 0.717) is 18.1 Å². The van der Waals surface area contributed by atoms with Crippen molar-refractivity contribution in [2.75, 3.05) is 6.61 Å². The Kier molecular flexibility index (Phi) is 5.12.